The van der Waals surface area contributed by atoms with Crippen molar-refractivity contribution >= 4 is 29.7 Å². The Balaban J connectivity index is 1.29. The number of para-hydroxylation sites is 1. The Bertz CT molecular complexity index is 1400. The Morgan fingerprint density at radius 3 is 2.47 bits per heavy atom. The van der Waals surface area contributed by atoms with Gasteiger partial charge < -0.3 is 19.7 Å². The predicted octanol–water partition coefficient (Wildman–Crippen LogP) is 5.39. The van der Waals surface area contributed by atoms with Crippen molar-refractivity contribution in [2.24, 2.45) is 5.10 Å². The topological polar surface area (TPSA) is 96.8 Å². The Morgan fingerprint density at radius 2 is 1.68 bits per heavy atom. The zero-order chi connectivity index (χ0) is 26.2. The average Bonchev–Trinajstić information content (AvgIpc) is 3.49. The number of hydrogen-bond donors (Lipinski definition) is 2. The number of halogens is 1. The lowest BCUT2D eigenvalue weighted by atomic mass is 10.2. The minimum Gasteiger partial charge on any atom is -0.493 e. The monoisotopic (exact) mass is 513 g/mol. The van der Waals surface area contributed by atoms with Crippen LogP contribution >= 0.6 is 0 Å². The smallest absolute Gasteiger partial charge is 0.250 e. The quantitative estimate of drug-likeness (QED) is 0.215. The van der Waals surface area contributed by atoms with Gasteiger partial charge in [-0.05, 0) is 54.8 Å². The standard InChI is InChI=1S/C28H28FN7O2/c1-37-25-17-20(13-14-24(25)38-19-21-9-5-6-12-23(21)29)18-30-35-27-32-26(31-22-10-3-2-4-11-22)33-28(34-27)36-15-7-8-16-36/h2-6,9-14,17-18H,7-8,15-16,19H2,1H3,(H2,31,32,33,34,35)/b30-18+. The van der Waals surface area contributed by atoms with Gasteiger partial charge in [-0.15, -0.1) is 0 Å². The summed E-state index contributed by atoms with van der Waals surface area (Å²) in [7, 11) is 1.55. The van der Waals surface area contributed by atoms with Crippen molar-refractivity contribution in [2.75, 3.05) is 35.8 Å². The minimum atomic E-state index is -0.311. The molecule has 2 heterocycles. The molecule has 1 saturated heterocycles. The first-order valence-electron chi connectivity index (χ1n) is 12.3. The highest BCUT2D eigenvalue weighted by molar-refractivity contribution is 5.81. The molecule has 0 atom stereocenters. The maximum absolute atomic E-state index is 13.9. The van der Waals surface area contributed by atoms with E-state index in [0.717, 1.165) is 37.2 Å². The van der Waals surface area contributed by atoms with Gasteiger partial charge in [-0.1, -0.05) is 36.4 Å². The fourth-order valence-electron chi connectivity index (χ4n) is 4.00. The van der Waals surface area contributed by atoms with E-state index in [9.17, 15) is 4.39 Å². The van der Waals surface area contributed by atoms with Crippen LogP contribution < -0.4 is 25.1 Å². The van der Waals surface area contributed by atoms with Gasteiger partial charge in [0.1, 0.15) is 12.4 Å². The van der Waals surface area contributed by atoms with E-state index < -0.39 is 0 Å². The third kappa shape index (κ3) is 6.33. The molecule has 9 nitrogen and oxygen atoms in total. The summed E-state index contributed by atoms with van der Waals surface area (Å²) in [6.45, 7) is 1.90. The summed E-state index contributed by atoms with van der Waals surface area (Å²) in [6, 6.07) is 21.6. The van der Waals surface area contributed by atoms with Gasteiger partial charge in [0.2, 0.25) is 17.8 Å². The largest absolute Gasteiger partial charge is 0.493 e. The molecule has 3 aromatic carbocycles. The lowest BCUT2D eigenvalue weighted by Crippen LogP contribution is -2.21. The molecule has 10 heteroatoms. The number of nitrogens with zero attached hydrogens (tertiary/aromatic N) is 5. The first-order valence-corrected chi connectivity index (χ1v) is 12.3. The van der Waals surface area contributed by atoms with E-state index in [4.69, 9.17) is 9.47 Å². The molecular formula is C28H28FN7O2. The number of anilines is 4. The molecular weight excluding hydrogens is 485 g/mol. The van der Waals surface area contributed by atoms with Crippen molar-refractivity contribution < 1.29 is 13.9 Å². The number of hydrazone groups is 1. The SMILES string of the molecule is COc1cc(/C=N/Nc2nc(Nc3ccccc3)nc(N3CCCC3)n2)ccc1OCc1ccccc1F. The molecule has 194 valence electrons. The van der Waals surface area contributed by atoms with Crippen molar-refractivity contribution in [1.29, 1.82) is 0 Å². The summed E-state index contributed by atoms with van der Waals surface area (Å²) in [5, 5.41) is 7.55. The van der Waals surface area contributed by atoms with Crippen LogP contribution in [0.3, 0.4) is 0 Å². The number of rotatable bonds is 10. The Hall–Kier alpha value is -4.73. The summed E-state index contributed by atoms with van der Waals surface area (Å²) in [5.74, 6) is 2.07. The second-order valence-corrected chi connectivity index (χ2v) is 8.63. The second-order valence-electron chi connectivity index (χ2n) is 8.63. The molecule has 0 aliphatic carbocycles. The van der Waals surface area contributed by atoms with Gasteiger partial charge in [0.15, 0.2) is 11.5 Å². The highest BCUT2D eigenvalue weighted by Crippen LogP contribution is 2.29. The second kappa shape index (κ2) is 12.0. The molecule has 0 unspecified atom stereocenters. The molecule has 5 rings (SSSR count). The normalized spacial score (nSPS) is 13.1. The summed E-state index contributed by atoms with van der Waals surface area (Å²) >= 11 is 0. The number of methoxy groups -OCH3 is 1. The van der Waals surface area contributed by atoms with E-state index in [1.54, 1.807) is 43.7 Å². The van der Waals surface area contributed by atoms with E-state index in [2.05, 4.69) is 35.7 Å². The molecule has 0 amide bonds. The molecule has 1 aromatic heterocycles. The molecule has 38 heavy (non-hydrogen) atoms. The van der Waals surface area contributed by atoms with Crippen molar-refractivity contribution in [3.63, 3.8) is 0 Å². The summed E-state index contributed by atoms with van der Waals surface area (Å²) in [5.41, 5.74) is 5.03. The van der Waals surface area contributed by atoms with Gasteiger partial charge in [0, 0.05) is 24.3 Å². The molecule has 1 aliphatic heterocycles. The van der Waals surface area contributed by atoms with Crippen molar-refractivity contribution in [2.45, 2.75) is 19.4 Å². The summed E-state index contributed by atoms with van der Waals surface area (Å²) < 4.78 is 25.2. The van der Waals surface area contributed by atoms with Gasteiger partial charge >= 0.3 is 0 Å². The summed E-state index contributed by atoms with van der Waals surface area (Å²) in [6.07, 6.45) is 3.85. The van der Waals surface area contributed by atoms with Gasteiger partial charge in [0.05, 0.1) is 13.3 Å². The van der Waals surface area contributed by atoms with Crippen LogP contribution in [0.2, 0.25) is 0 Å². The first kappa shape index (κ1) is 24.9. The highest BCUT2D eigenvalue weighted by Gasteiger charge is 2.17. The lowest BCUT2D eigenvalue weighted by molar-refractivity contribution is 0.279. The van der Waals surface area contributed by atoms with Gasteiger partial charge in [0.25, 0.3) is 0 Å². The molecule has 0 saturated carbocycles. The van der Waals surface area contributed by atoms with E-state index in [1.807, 2.05) is 36.4 Å². The van der Waals surface area contributed by atoms with Crippen LogP contribution in [0.15, 0.2) is 77.9 Å². The Kier molecular flexibility index (Phi) is 7.88. The predicted molar refractivity (Wildman–Crippen MR) is 146 cm³/mol. The lowest BCUT2D eigenvalue weighted by Gasteiger charge is -2.16. The number of aromatic nitrogens is 3. The molecule has 2 N–H and O–H groups in total. The Labute approximate surface area is 220 Å². The van der Waals surface area contributed by atoms with Crippen LogP contribution in [-0.2, 0) is 6.61 Å². The third-order valence-electron chi connectivity index (χ3n) is 5.95. The van der Waals surface area contributed by atoms with E-state index in [1.165, 1.54) is 6.07 Å². The third-order valence-corrected chi connectivity index (χ3v) is 5.95. The molecule has 0 radical (unpaired) electrons. The van der Waals surface area contributed by atoms with Crippen LogP contribution in [-0.4, -0.2) is 41.4 Å². The fraction of sp³-hybridized carbons (Fsp3) is 0.214. The first-order chi connectivity index (χ1) is 18.7. The maximum Gasteiger partial charge on any atom is 0.250 e. The number of nitrogens with one attached hydrogen (secondary N) is 2. The molecule has 1 aliphatic rings. The van der Waals surface area contributed by atoms with Crippen LogP contribution in [0, 0.1) is 5.82 Å². The van der Waals surface area contributed by atoms with Crippen molar-refractivity contribution in [1.82, 2.24) is 15.0 Å². The molecule has 0 spiro atoms. The fourth-order valence-corrected chi connectivity index (χ4v) is 4.00. The van der Waals surface area contributed by atoms with E-state index in [0.29, 0.717) is 34.9 Å². The van der Waals surface area contributed by atoms with Gasteiger partial charge in [-0.2, -0.15) is 20.1 Å². The maximum atomic E-state index is 13.9. The molecule has 0 bridgehead atoms. The zero-order valence-electron chi connectivity index (χ0n) is 21.0. The highest BCUT2D eigenvalue weighted by atomic mass is 19.1. The number of benzene rings is 3. The van der Waals surface area contributed by atoms with Gasteiger partial charge in [-0.3, -0.25) is 0 Å². The van der Waals surface area contributed by atoms with Crippen LogP contribution in [0.1, 0.15) is 24.0 Å². The Morgan fingerprint density at radius 1 is 0.921 bits per heavy atom. The van der Waals surface area contributed by atoms with Crippen LogP contribution in [0.4, 0.5) is 27.9 Å². The minimum absolute atomic E-state index is 0.0934. The van der Waals surface area contributed by atoms with Crippen LogP contribution in [0.5, 0.6) is 11.5 Å². The van der Waals surface area contributed by atoms with Crippen molar-refractivity contribution in [3.8, 4) is 11.5 Å². The average molecular weight is 514 g/mol. The molecule has 1 fully saturated rings. The zero-order valence-corrected chi connectivity index (χ0v) is 21.0. The van der Waals surface area contributed by atoms with Gasteiger partial charge in [-0.25, -0.2) is 9.82 Å². The number of hydrogen-bond acceptors (Lipinski definition) is 9. The van der Waals surface area contributed by atoms with Crippen molar-refractivity contribution in [3.05, 3.63) is 89.7 Å². The summed E-state index contributed by atoms with van der Waals surface area (Å²) in [4.78, 5) is 15.8. The number of ether oxygens (including phenoxy) is 2. The van der Waals surface area contributed by atoms with E-state index in [-0.39, 0.29) is 12.4 Å². The molecule has 4 aromatic rings. The van der Waals surface area contributed by atoms with E-state index >= 15 is 0 Å². The van der Waals surface area contributed by atoms with Crippen LogP contribution in [0.25, 0.3) is 0 Å².